The quantitative estimate of drug-likeness (QED) is 0.0699. The van der Waals surface area contributed by atoms with Crippen LogP contribution in [0.3, 0.4) is 0 Å². The molecule has 0 aliphatic heterocycles. The molecule has 0 atom stereocenters. The highest BCUT2D eigenvalue weighted by molar-refractivity contribution is 6.47. The van der Waals surface area contributed by atoms with Gasteiger partial charge in [0.05, 0.1) is 6.61 Å². The van der Waals surface area contributed by atoms with Crippen molar-refractivity contribution in [1.29, 1.82) is 0 Å². The van der Waals surface area contributed by atoms with Gasteiger partial charge in [-0.05, 0) is 41.5 Å². The largest absolute Gasteiger partial charge is 0.460 e. The van der Waals surface area contributed by atoms with Crippen LogP contribution in [0.5, 0.6) is 0 Å². The lowest BCUT2D eigenvalue weighted by molar-refractivity contribution is -0.141. The predicted molar refractivity (Wildman–Crippen MR) is 153 cm³/mol. The topological polar surface area (TPSA) is 99.1 Å². The van der Waals surface area contributed by atoms with E-state index in [1.807, 2.05) is 42.5 Å². The molecule has 4 rings (SSSR count). The van der Waals surface area contributed by atoms with Gasteiger partial charge >= 0.3 is 11.9 Å². The van der Waals surface area contributed by atoms with E-state index in [-0.39, 0.29) is 23.7 Å². The molecule has 0 unspecified atom stereocenters. The van der Waals surface area contributed by atoms with Crippen LogP contribution in [0.4, 0.5) is 0 Å². The molecule has 7 nitrogen and oxygen atoms in total. The van der Waals surface area contributed by atoms with Crippen molar-refractivity contribution in [2.24, 2.45) is 11.1 Å². The molecule has 0 radical (unpaired) electrons. The number of benzene rings is 3. The Labute approximate surface area is 234 Å². The van der Waals surface area contributed by atoms with Crippen molar-refractivity contribution in [1.82, 2.24) is 0 Å². The molecule has 206 valence electrons. The van der Waals surface area contributed by atoms with E-state index in [9.17, 15) is 19.2 Å². The Bertz CT molecular complexity index is 1400. The van der Waals surface area contributed by atoms with Gasteiger partial charge in [-0.3, -0.25) is 9.59 Å². The summed E-state index contributed by atoms with van der Waals surface area (Å²) < 4.78 is 4.79. The molecule has 1 aliphatic carbocycles. The summed E-state index contributed by atoms with van der Waals surface area (Å²) in [6, 6.07) is 21.9. The molecule has 40 heavy (non-hydrogen) atoms. The average Bonchev–Trinajstić information content (AvgIpc) is 2.99. The van der Waals surface area contributed by atoms with E-state index in [0.717, 1.165) is 47.9 Å². The molecule has 7 heteroatoms. The summed E-state index contributed by atoms with van der Waals surface area (Å²) in [5.74, 6) is -2.00. The van der Waals surface area contributed by atoms with Gasteiger partial charge in [-0.1, -0.05) is 110 Å². The number of hydrogen-bond acceptors (Lipinski definition) is 7. The molecule has 1 aliphatic rings. The minimum Gasteiger partial charge on any atom is -0.460 e. The lowest BCUT2D eigenvalue weighted by Gasteiger charge is -2.21. The van der Waals surface area contributed by atoms with Crippen molar-refractivity contribution in [3.05, 3.63) is 83.9 Å². The van der Waals surface area contributed by atoms with Crippen molar-refractivity contribution in [2.45, 2.75) is 52.4 Å². The summed E-state index contributed by atoms with van der Waals surface area (Å²) in [7, 11) is 0. The minimum absolute atomic E-state index is 0.143. The van der Waals surface area contributed by atoms with E-state index in [0.29, 0.717) is 17.9 Å². The van der Waals surface area contributed by atoms with Crippen LogP contribution in [0.25, 0.3) is 22.3 Å². The van der Waals surface area contributed by atoms with Crippen LogP contribution in [-0.4, -0.2) is 35.8 Å². The lowest BCUT2D eigenvalue weighted by atomic mass is 9.84. The Hall–Kier alpha value is -4.39. The number of rotatable bonds is 10. The number of ketones is 2. The van der Waals surface area contributed by atoms with E-state index in [1.165, 1.54) is 13.3 Å². The molecule has 0 aromatic heterocycles. The molecule has 0 amide bonds. The van der Waals surface area contributed by atoms with Gasteiger partial charge in [0, 0.05) is 18.1 Å². The zero-order valence-electron chi connectivity index (χ0n) is 22.9. The highest BCUT2D eigenvalue weighted by atomic mass is 16.7. The highest BCUT2D eigenvalue weighted by Gasteiger charge is 2.24. The normalized spacial score (nSPS) is 13.9. The fraction of sp³-hybridized carbons (Fsp3) is 0.303. The second kappa shape index (κ2) is 13.6. The average molecular weight is 540 g/mol. The molecule has 3 aromatic carbocycles. The standard InChI is InChI=1S/C33H33NO6/c1-3-39-33(38)31(36)27-19-15-25(16-20-27)24-13-17-26(18-14-24)28-11-7-8-12-29(28)32(37)30(34-40-22(2)35)21-23-9-5-4-6-10-23/h7-8,11-20,23H,3-6,9-10,21H2,1-2H3. The second-order valence-electron chi connectivity index (χ2n) is 9.91. The van der Waals surface area contributed by atoms with Crippen LogP contribution in [0.15, 0.2) is 78.0 Å². The number of esters is 1. The van der Waals surface area contributed by atoms with Crippen LogP contribution in [0.1, 0.15) is 73.1 Å². The zero-order valence-corrected chi connectivity index (χ0v) is 22.9. The zero-order chi connectivity index (χ0) is 28.5. The summed E-state index contributed by atoms with van der Waals surface area (Å²) >= 11 is 0. The number of ether oxygens (including phenoxy) is 1. The van der Waals surface area contributed by atoms with Gasteiger partial charge in [-0.15, -0.1) is 0 Å². The monoisotopic (exact) mass is 539 g/mol. The molecular weight excluding hydrogens is 506 g/mol. The smallest absolute Gasteiger partial charge is 0.379 e. The van der Waals surface area contributed by atoms with Crippen LogP contribution in [0, 0.1) is 5.92 Å². The molecule has 0 saturated heterocycles. The number of oxime groups is 1. The van der Waals surface area contributed by atoms with Crippen molar-refractivity contribution in [3.8, 4) is 22.3 Å². The van der Waals surface area contributed by atoms with E-state index < -0.39 is 17.7 Å². The summed E-state index contributed by atoms with van der Waals surface area (Å²) in [5, 5.41) is 3.99. The van der Waals surface area contributed by atoms with E-state index in [2.05, 4.69) is 5.16 Å². The Morgan fingerprint density at radius 3 is 2.00 bits per heavy atom. The predicted octanol–water partition coefficient (Wildman–Crippen LogP) is 6.84. The van der Waals surface area contributed by atoms with Crippen molar-refractivity contribution >= 4 is 29.2 Å². The molecule has 0 spiro atoms. The maximum atomic E-state index is 13.7. The summed E-state index contributed by atoms with van der Waals surface area (Å²) in [6.45, 7) is 3.07. The van der Waals surface area contributed by atoms with Gasteiger partial charge in [0.25, 0.3) is 5.78 Å². The summed E-state index contributed by atoms with van der Waals surface area (Å²) in [6.07, 6.45) is 6.02. The summed E-state index contributed by atoms with van der Waals surface area (Å²) in [4.78, 5) is 54.0. The number of carbonyl (C=O) groups is 4. The molecular formula is C33H33NO6. The molecule has 1 fully saturated rings. The van der Waals surface area contributed by atoms with Gasteiger partial charge in [0.1, 0.15) is 5.71 Å². The molecule has 1 saturated carbocycles. The fourth-order valence-electron chi connectivity index (χ4n) is 5.01. The molecule has 3 aromatic rings. The first-order valence-corrected chi connectivity index (χ1v) is 13.7. The maximum absolute atomic E-state index is 13.7. The third-order valence-electron chi connectivity index (χ3n) is 7.06. The Morgan fingerprint density at radius 2 is 1.38 bits per heavy atom. The van der Waals surface area contributed by atoms with Crippen LogP contribution in [-0.2, 0) is 19.2 Å². The fourth-order valence-corrected chi connectivity index (χ4v) is 5.01. The van der Waals surface area contributed by atoms with Gasteiger partial charge < -0.3 is 9.57 Å². The third-order valence-corrected chi connectivity index (χ3v) is 7.06. The van der Waals surface area contributed by atoms with Gasteiger partial charge in [-0.25, -0.2) is 9.59 Å². The maximum Gasteiger partial charge on any atom is 0.379 e. The van der Waals surface area contributed by atoms with Crippen LogP contribution >= 0.6 is 0 Å². The third kappa shape index (κ3) is 7.17. The summed E-state index contributed by atoms with van der Waals surface area (Å²) in [5.41, 5.74) is 4.43. The number of hydrogen-bond donors (Lipinski definition) is 0. The first-order valence-electron chi connectivity index (χ1n) is 13.7. The molecule has 0 N–H and O–H groups in total. The number of nitrogens with zero attached hydrogens (tertiary/aromatic N) is 1. The van der Waals surface area contributed by atoms with Crippen molar-refractivity contribution < 1.29 is 28.8 Å². The van der Waals surface area contributed by atoms with E-state index in [1.54, 1.807) is 37.3 Å². The Balaban J connectivity index is 1.56. The second-order valence-corrected chi connectivity index (χ2v) is 9.91. The van der Waals surface area contributed by atoms with Gasteiger partial charge in [-0.2, -0.15) is 0 Å². The van der Waals surface area contributed by atoms with Crippen LogP contribution in [0.2, 0.25) is 0 Å². The van der Waals surface area contributed by atoms with E-state index >= 15 is 0 Å². The van der Waals surface area contributed by atoms with Gasteiger partial charge in [0.2, 0.25) is 5.78 Å². The molecule has 0 bridgehead atoms. The van der Waals surface area contributed by atoms with Crippen molar-refractivity contribution in [3.63, 3.8) is 0 Å². The minimum atomic E-state index is -0.868. The first-order chi connectivity index (χ1) is 19.4. The van der Waals surface area contributed by atoms with Gasteiger partial charge in [0.15, 0.2) is 0 Å². The number of Topliss-reactive ketones (excluding diaryl/α,β-unsaturated/α-hetero) is 2. The van der Waals surface area contributed by atoms with Crippen LogP contribution < -0.4 is 0 Å². The first kappa shape index (κ1) is 28.6. The Kier molecular flexibility index (Phi) is 9.73. The molecule has 0 heterocycles. The van der Waals surface area contributed by atoms with E-state index in [4.69, 9.17) is 9.57 Å². The Morgan fingerprint density at radius 1 is 0.775 bits per heavy atom. The lowest BCUT2D eigenvalue weighted by Crippen LogP contribution is -2.21. The number of carbonyl (C=O) groups excluding carboxylic acids is 4. The van der Waals surface area contributed by atoms with Crippen molar-refractivity contribution in [2.75, 3.05) is 6.61 Å². The SMILES string of the molecule is CCOC(=O)C(=O)c1ccc(-c2ccc(-c3ccccc3C(=O)C(CC3CCCCC3)=NOC(C)=O)cc2)cc1. The highest BCUT2D eigenvalue weighted by Crippen LogP contribution is 2.31.